The highest BCUT2D eigenvalue weighted by atomic mass is 35.5. The molecular weight excluding hydrogens is 369 g/mol. The number of hydrogen-bond acceptors (Lipinski definition) is 4. The molecule has 2 aromatic rings. The SMILES string of the molecule is CC(=O)Nc1ccc(C(=O)OCCSc2cc(Cl)ccc2Cl)cc1. The van der Waals surface area contributed by atoms with Crippen molar-refractivity contribution in [3.63, 3.8) is 0 Å². The van der Waals surface area contributed by atoms with Gasteiger partial charge in [-0.1, -0.05) is 23.2 Å². The van der Waals surface area contributed by atoms with Gasteiger partial charge in [0.2, 0.25) is 5.91 Å². The molecule has 2 aromatic carbocycles. The standard InChI is InChI=1S/C17H15Cl2NO3S/c1-11(21)20-14-5-2-12(3-6-14)17(22)23-8-9-24-16-10-13(18)4-7-15(16)19/h2-7,10H,8-9H2,1H3,(H,20,21). The molecule has 1 amide bonds. The van der Waals surface area contributed by atoms with Gasteiger partial charge in [0.25, 0.3) is 0 Å². The zero-order valence-corrected chi connectivity index (χ0v) is 15.2. The van der Waals surface area contributed by atoms with Gasteiger partial charge in [-0.3, -0.25) is 4.79 Å². The quantitative estimate of drug-likeness (QED) is 0.437. The highest BCUT2D eigenvalue weighted by molar-refractivity contribution is 7.99. The molecule has 0 aromatic heterocycles. The molecule has 0 bridgehead atoms. The molecule has 0 unspecified atom stereocenters. The predicted octanol–water partition coefficient (Wildman–Crippen LogP) is 4.90. The smallest absolute Gasteiger partial charge is 0.338 e. The lowest BCUT2D eigenvalue weighted by Crippen LogP contribution is -2.09. The van der Waals surface area contributed by atoms with Crippen molar-refractivity contribution in [2.24, 2.45) is 0 Å². The van der Waals surface area contributed by atoms with Crippen molar-refractivity contribution in [3.05, 3.63) is 58.1 Å². The fraction of sp³-hybridized carbons (Fsp3) is 0.176. The van der Waals surface area contributed by atoms with E-state index in [0.29, 0.717) is 27.0 Å². The summed E-state index contributed by atoms with van der Waals surface area (Å²) in [6, 6.07) is 11.7. The summed E-state index contributed by atoms with van der Waals surface area (Å²) in [7, 11) is 0. The molecule has 7 heteroatoms. The molecule has 2 rings (SSSR count). The molecule has 0 saturated carbocycles. The maximum atomic E-state index is 11.9. The van der Waals surface area contributed by atoms with Crippen LogP contribution in [0.3, 0.4) is 0 Å². The van der Waals surface area contributed by atoms with Crippen LogP contribution in [0.25, 0.3) is 0 Å². The van der Waals surface area contributed by atoms with E-state index in [9.17, 15) is 9.59 Å². The van der Waals surface area contributed by atoms with Crippen LogP contribution < -0.4 is 5.32 Å². The van der Waals surface area contributed by atoms with Gasteiger partial charge in [0.1, 0.15) is 6.61 Å². The van der Waals surface area contributed by atoms with Gasteiger partial charge in [-0.25, -0.2) is 4.79 Å². The van der Waals surface area contributed by atoms with Crippen molar-refractivity contribution in [1.82, 2.24) is 0 Å². The number of anilines is 1. The molecule has 0 fully saturated rings. The van der Waals surface area contributed by atoms with Crippen molar-refractivity contribution < 1.29 is 14.3 Å². The Kier molecular flexibility index (Phi) is 6.97. The lowest BCUT2D eigenvalue weighted by atomic mass is 10.2. The fourth-order valence-corrected chi connectivity index (χ4v) is 3.17. The van der Waals surface area contributed by atoms with Crippen LogP contribution >= 0.6 is 35.0 Å². The Bertz CT molecular complexity index is 735. The van der Waals surface area contributed by atoms with Crippen LogP contribution in [0.5, 0.6) is 0 Å². The van der Waals surface area contributed by atoms with Crippen LogP contribution in [-0.2, 0) is 9.53 Å². The molecule has 0 aliphatic carbocycles. The Morgan fingerprint density at radius 1 is 1.12 bits per heavy atom. The number of carbonyl (C=O) groups excluding carboxylic acids is 2. The topological polar surface area (TPSA) is 55.4 Å². The van der Waals surface area contributed by atoms with Crippen molar-refractivity contribution in [2.45, 2.75) is 11.8 Å². The second kappa shape index (κ2) is 8.97. The van der Waals surface area contributed by atoms with E-state index in [-0.39, 0.29) is 12.5 Å². The summed E-state index contributed by atoms with van der Waals surface area (Å²) in [5.41, 5.74) is 1.06. The Hall–Kier alpha value is -1.69. The molecule has 0 aliphatic rings. The Morgan fingerprint density at radius 3 is 2.50 bits per heavy atom. The third-order valence-electron chi connectivity index (χ3n) is 2.91. The number of ether oxygens (including phenoxy) is 1. The monoisotopic (exact) mass is 383 g/mol. The van der Waals surface area contributed by atoms with Gasteiger partial charge in [0, 0.05) is 28.3 Å². The lowest BCUT2D eigenvalue weighted by Gasteiger charge is -2.07. The average molecular weight is 384 g/mol. The van der Waals surface area contributed by atoms with Crippen LogP contribution in [0.1, 0.15) is 17.3 Å². The first-order valence-corrected chi connectivity index (χ1v) is 8.82. The highest BCUT2D eigenvalue weighted by Gasteiger charge is 2.08. The largest absolute Gasteiger partial charge is 0.461 e. The summed E-state index contributed by atoms with van der Waals surface area (Å²) in [6.45, 7) is 1.67. The summed E-state index contributed by atoms with van der Waals surface area (Å²) in [4.78, 5) is 23.7. The van der Waals surface area contributed by atoms with E-state index in [1.54, 1.807) is 42.5 Å². The molecule has 0 radical (unpaired) electrons. The Morgan fingerprint density at radius 2 is 1.83 bits per heavy atom. The van der Waals surface area contributed by atoms with E-state index in [0.717, 1.165) is 4.90 Å². The summed E-state index contributed by atoms with van der Waals surface area (Å²) in [6.07, 6.45) is 0. The summed E-state index contributed by atoms with van der Waals surface area (Å²) in [5.74, 6) is -0.0142. The summed E-state index contributed by atoms with van der Waals surface area (Å²) < 4.78 is 5.22. The maximum Gasteiger partial charge on any atom is 0.338 e. The molecule has 126 valence electrons. The van der Waals surface area contributed by atoms with Gasteiger partial charge in [0.15, 0.2) is 0 Å². The zero-order valence-electron chi connectivity index (χ0n) is 12.8. The third kappa shape index (κ3) is 5.74. The average Bonchev–Trinajstić information content (AvgIpc) is 2.54. The number of amides is 1. The predicted molar refractivity (Wildman–Crippen MR) is 98.2 cm³/mol. The van der Waals surface area contributed by atoms with Gasteiger partial charge in [-0.05, 0) is 42.5 Å². The van der Waals surface area contributed by atoms with E-state index in [4.69, 9.17) is 27.9 Å². The molecule has 4 nitrogen and oxygen atoms in total. The van der Waals surface area contributed by atoms with E-state index in [1.165, 1.54) is 18.7 Å². The van der Waals surface area contributed by atoms with Crippen LogP contribution in [0, 0.1) is 0 Å². The van der Waals surface area contributed by atoms with Crippen LogP contribution in [0.15, 0.2) is 47.4 Å². The first-order valence-electron chi connectivity index (χ1n) is 7.08. The number of benzene rings is 2. The van der Waals surface area contributed by atoms with Gasteiger partial charge < -0.3 is 10.1 Å². The first kappa shape index (κ1) is 18.6. The van der Waals surface area contributed by atoms with Gasteiger partial charge >= 0.3 is 5.97 Å². The maximum absolute atomic E-state index is 11.9. The third-order valence-corrected chi connectivity index (χ3v) is 4.60. The molecule has 0 aliphatic heterocycles. The Labute approximate surface area is 154 Å². The number of nitrogens with one attached hydrogen (secondary N) is 1. The van der Waals surface area contributed by atoms with Gasteiger partial charge in [0.05, 0.1) is 10.6 Å². The first-order chi connectivity index (χ1) is 11.5. The lowest BCUT2D eigenvalue weighted by molar-refractivity contribution is -0.114. The number of halogens is 2. The van der Waals surface area contributed by atoms with Crippen molar-refractivity contribution in [3.8, 4) is 0 Å². The molecule has 1 N–H and O–H groups in total. The second-order valence-electron chi connectivity index (χ2n) is 4.82. The summed E-state index contributed by atoms with van der Waals surface area (Å²) in [5, 5.41) is 3.86. The number of hydrogen-bond donors (Lipinski definition) is 1. The fourth-order valence-electron chi connectivity index (χ4n) is 1.85. The second-order valence-corrected chi connectivity index (χ2v) is 6.80. The molecule has 0 atom stereocenters. The van der Waals surface area contributed by atoms with E-state index in [1.807, 2.05) is 0 Å². The number of rotatable bonds is 6. The molecule has 0 heterocycles. The van der Waals surface area contributed by atoms with E-state index in [2.05, 4.69) is 5.32 Å². The van der Waals surface area contributed by atoms with Crippen molar-refractivity contribution in [2.75, 3.05) is 17.7 Å². The minimum Gasteiger partial charge on any atom is -0.461 e. The molecular formula is C17H15Cl2NO3S. The molecule has 0 spiro atoms. The molecule has 0 saturated heterocycles. The van der Waals surface area contributed by atoms with E-state index < -0.39 is 5.97 Å². The van der Waals surface area contributed by atoms with Crippen molar-refractivity contribution in [1.29, 1.82) is 0 Å². The van der Waals surface area contributed by atoms with Gasteiger partial charge in [-0.2, -0.15) is 0 Å². The van der Waals surface area contributed by atoms with Crippen LogP contribution in [0.4, 0.5) is 5.69 Å². The minimum atomic E-state index is -0.415. The number of carbonyl (C=O) groups is 2. The molecule has 24 heavy (non-hydrogen) atoms. The van der Waals surface area contributed by atoms with E-state index >= 15 is 0 Å². The zero-order chi connectivity index (χ0) is 17.5. The minimum absolute atomic E-state index is 0.165. The normalized spacial score (nSPS) is 10.3. The van der Waals surface area contributed by atoms with Gasteiger partial charge in [-0.15, -0.1) is 11.8 Å². The van der Waals surface area contributed by atoms with Crippen LogP contribution in [0.2, 0.25) is 10.0 Å². The summed E-state index contributed by atoms with van der Waals surface area (Å²) >= 11 is 13.5. The number of esters is 1. The number of thioether (sulfide) groups is 1. The van der Waals surface area contributed by atoms with Crippen molar-refractivity contribution >= 4 is 52.5 Å². The highest BCUT2D eigenvalue weighted by Crippen LogP contribution is 2.29. The van der Waals surface area contributed by atoms with Crippen LogP contribution in [-0.4, -0.2) is 24.2 Å². The Balaban J connectivity index is 1.80.